The van der Waals surface area contributed by atoms with Crippen LogP contribution >= 0.6 is 13.5 Å². The maximum Gasteiger partial charge on any atom is 0.410 e. The zero-order valence-corrected chi connectivity index (χ0v) is 11.2. The highest BCUT2D eigenvalue weighted by Crippen LogP contribution is 2.18. The van der Waals surface area contributed by atoms with Crippen LogP contribution in [0.5, 0.6) is 0 Å². The summed E-state index contributed by atoms with van der Waals surface area (Å²) in [5.74, 6) is 0.608. The van der Waals surface area contributed by atoms with Crippen molar-refractivity contribution in [2.75, 3.05) is 13.1 Å². The van der Waals surface area contributed by atoms with Gasteiger partial charge >= 0.3 is 6.09 Å². The van der Waals surface area contributed by atoms with E-state index in [1.54, 1.807) is 0 Å². The molecule has 0 bridgehead atoms. The van der Waals surface area contributed by atoms with Gasteiger partial charge in [-0.15, -0.1) is 0 Å². The van der Waals surface area contributed by atoms with E-state index in [9.17, 15) is 4.79 Å². The average molecular weight is 233 g/mol. The number of likely N-dealkylation sites (tertiary alicyclic amines) is 1. The number of ether oxygens (including phenoxy) is 1. The molecule has 0 aromatic rings. The van der Waals surface area contributed by atoms with E-state index in [2.05, 4.69) is 6.92 Å². The SMILES string of the molecule is C[C@H]1CCCN(C(=O)OC(C)(C)C)C1.S. The predicted molar refractivity (Wildman–Crippen MR) is 66.6 cm³/mol. The van der Waals surface area contributed by atoms with E-state index in [0.29, 0.717) is 5.92 Å². The van der Waals surface area contributed by atoms with Crippen LogP contribution in [0.3, 0.4) is 0 Å². The zero-order chi connectivity index (χ0) is 10.8. The van der Waals surface area contributed by atoms with E-state index < -0.39 is 0 Å². The number of hydrogen-bond donors (Lipinski definition) is 0. The van der Waals surface area contributed by atoms with Crippen LogP contribution < -0.4 is 0 Å². The van der Waals surface area contributed by atoms with Gasteiger partial charge in [0.15, 0.2) is 0 Å². The number of nitrogens with zero attached hydrogens (tertiary/aromatic N) is 1. The first-order valence-corrected chi connectivity index (χ1v) is 5.36. The lowest BCUT2D eigenvalue weighted by atomic mass is 10.0. The Morgan fingerprint density at radius 2 is 2.00 bits per heavy atom. The zero-order valence-electron chi connectivity index (χ0n) is 10.2. The molecule has 0 N–H and O–H groups in total. The summed E-state index contributed by atoms with van der Waals surface area (Å²) in [5, 5.41) is 0. The number of hydrogen-bond acceptors (Lipinski definition) is 2. The van der Waals surface area contributed by atoms with Crippen LogP contribution in [-0.4, -0.2) is 29.7 Å². The number of rotatable bonds is 0. The Bertz CT molecular complexity index is 213. The van der Waals surface area contributed by atoms with Crippen molar-refractivity contribution in [3.8, 4) is 0 Å². The van der Waals surface area contributed by atoms with Gasteiger partial charge < -0.3 is 9.64 Å². The normalized spacial score (nSPS) is 21.9. The van der Waals surface area contributed by atoms with Crippen LogP contribution in [0, 0.1) is 5.92 Å². The first-order chi connectivity index (χ1) is 6.38. The van der Waals surface area contributed by atoms with Crippen LogP contribution in [0.1, 0.15) is 40.5 Å². The highest BCUT2D eigenvalue weighted by molar-refractivity contribution is 7.59. The third kappa shape index (κ3) is 5.30. The fraction of sp³-hybridized carbons (Fsp3) is 0.909. The summed E-state index contributed by atoms with van der Waals surface area (Å²) in [7, 11) is 0. The molecule has 1 fully saturated rings. The molecule has 3 nitrogen and oxygen atoms in total. The monoisotopic (exact) mass is 233 g/mol. The topological polar surface area (TPSA) is 29.5 Å². The van der Waals surface area contributed by atoms with Gasteiger partial charge in [-0.2, -0.15) is 13.5 Å². The average Bonchev–Trinajstić information content (AvgIpc) is 2.01. The van der Waals surface area contributed by atoms with Crippen molar-refractivity contribution in [1.29, 1.82) is 0 Å². The minimum atomic E-state index is -0.377. The Kier molecular flexibility index (Phi) is 5.49. The van der Waals surface area contributed by atoms with E-state index >= 15 is 0 Å². The molecule has 1 atom stereocenters. The smallest absolute Gasteiger partial charge is 0.410 e. The lowest BCUT2D eigenvalue weighted by Crippen LogP contribution is -2.42. The first kappa shape index (κ1) is 14.6. The number of carbonyl (C=O) groups excluding carboxylic acids is 1. The van der Waals surface area contributed by atoms with Crippen LogP contribution in [0.4, 0.5) is 4.79 Å². The van der Waals surface area contributed by atoms with Gasteiger partial charge in [0.05, 0.1) is 0 Å². The summed E-state index contributed by atoms with van der Waals surface area (Å²) in [6.07, 6.45) is 2.16. The Morgan fingerprint density at radius 3 is 2.47 bits per heavy atom. The molecular weight excluding hydrogens is 210 g/mol. The van der Waals surface area contributed by atoms with Gasteiger partial charge in [0.2, 0.25) is 0 Å². The second-order valence-electron chi connectivity index (χ2n) is 5.17. The summed E-state index contributed by atoms with van der Waals surface area (Å²) in [4.78, 5) is 13.5. The van der Waals surface area contributed by atoms with Crippen LogP contribution in [0.15, 0.2) is 0 Å². The van der Waals surface area contributed by atoms with Crippen LogP contribution in [-0.2, 0) is 4.74 Å². The maximum atomic E-state index is 11.7. The Balaban J connectivity index is 0.00000196. The van der Waals surface area contributed by atoms with Crippen molar-refractivity contribution in [1.82, 2.24) is 4.90 Å². The molecule has 0 aliphatic carbocycles. The molecule has 0 aromatic heterocycles. The predicted octanol–water partition coefficient (Wildman–Crippen LogP) is 2.77. The fourth-order valence-corrected chi connectivity index (χ4v) is 1.68. The third-order valence-electron chi connectivity index (χ3n) is 2.31. The van der Waals surface area contributed by atoms with E-state index in [-0.39, 0.29) is 25.2 Å². The van der Waals surface area contributed by atoms with Crippen molar-refractivity contribution in [2.24, 2.45) is 5.92 Å². The lowest BCUT2D eigenvalue weighted by molar-refractivity contribution is 0.0174. The van der Waals surface area contributed by atoms with Crippen molar-refractivity contribution >= 4 is 19.6 Å². The molecule has 1 aliphatic heterocycles. The number of piperidine rings is 1. The molecule has 0 spiro atoms. The first-order valence-electron chi connectivity index (χ1n) is 5.36. The minimum Gasteiger partial charge on any atom is -0.444 e. The van der Waals surface area contributed by atoms with Gasteiger partial charge in [-0.3, -0.25) is 0 Å². The van der Waals surface area contributed by atoms with Crippen LogP contribution in [0.25, 0.3) is 0 Å². The summed E-state index contributed by atoms with van der Waals surface area (Å²) < 4.78 is 5.31. The Labute approximate surface area is 99.6 Å². The minimum absolute atomic E-state index is 0. The maximum absolute atomic E-state index is 11.7. The third-order valence-corrected chi connectivity index (χ3v) is 2.31. The molecule has 0 unspecified atom stereocenters. The molecule has 90 valence electrons. The van der Waals surface area contributed by atoms with E-state index in [4.69, 9.17) is 4.74 Å². The quantitative estimate of drug-likeness (QED) is 0.644. The lowest BCUT2D eigenvalue weighted by Gasteiger charge is -2.32. The van der Waals surface area contributed by atoms with Crippen LogP contribution in [0.2, 0.25) is 0 Å². The van der Waals surface area contributed by atoms with E-state index in [0.717, 1.165) is 19.5 Å². The highest BCUT2D eigenvalue weighted by atomic mass is 32.1. The fourth-order valence-electron chi connectivity index (χ4n) is 1.68. The standard InChI is InChI=1S/C11H21NO2.H2S/c1-9-6-5-7-12(8-9)10(13)14-11(2,3)4;/h9H,5-8H2,1-4H3;1H2/t9-;/m0./s1. The van der Waals surface area contributed by atoms with Gasteiger partial charge in [0.25, 0.3) is 0 Å². The van der Waals surface area contributed by atoms with Crippen molar-refractivity contribution in [2.45, 2.75) is 46.1 Å². The summed E-state index contributed by atoms with van der Waals surface area (Å²) >= 11 is 0. The van der Waals surface area contributed by atoms with E-state index in [1.807, 2.05) is 25.7 Å². The summed E-state index contributed by atoms with van der Waals surface area (Å²) in [6, 6.07) is 0. The van der Waals surface area contributed by atoms with Gasteiger partial charge in [-0.1, -0.05) is 6.92 Å². The highest BCUT2D eigenvalue weighted by Gasteiger charge is 2.25. The molecule has 1 heterocycles. The van der Waals surface area contributed by atoms with Crippen molar-refractivity contribution < 1.29 is 9.53 Å². The summed E-state index contributed by atoms with van der Waals surface area (Å²) in [6.45, 7) is 9.57. The molecule has 1 aliphatic rings. The molecular formula is C11H23NO2S. The largest absolute Gasteiger partial charge is 0.444 e. The molecule has 1 rings (SSSR count). The molecule has 4 heteroatoms. The molecule has 1 saturated heterocycles. The number of amides is 1. The van der Waals surface area contributed by atoms with Crippen molar-refractivity contribution in [3.63, 3.8) is 0 Å². The van der Waals surface area contributed by atoms with Gasteiger partial charge in [0.1, 0.15) is 5.60 Å². The molecule has 0 saturated carbocycles. The second-order valence-corrected chi connectivity index (χ2v) is 5.17. The summed E-state index contributed by atoms with van der Waals surface area (Å²) in [5.41, 5.74) is -0.377. The Hall–Kier alpha value is -0.380. The Morgan fingerprint density at radius 1 is 1.40 bits per heavy atom. The number of carbonyl (C=O) groups is 1. The van der Waals surface area contributed by atoms with Gasteiger partial charge in [0, 0.05) is 13.1 Å². The van der Waals surface area contributed by atoms with Crippen molar-refractivity contribution in [3.05, 3.63) is 0 Å². The van der Waals surface area contributed by atoms with Gasteiger partial charge in [-0.05, 0) is 39.5 Å². The molecule has 0 aromatic carbocycles. The van der Waals surface area contributed by atoms with Gasteiger partial charge in [-0.25, -0.2) is 4.79 Å². The molecule has 15 heavy (non-hydrogen) atoms. The van der Waals surface area contributed by atoms with E-state index in [1.165, 1.54) is 6.42 Å². The molecule has 0 radical (unpaired) electrons. The molecule has 1 amide bonds. The second kappa shape index (κ2) is 5.64.